The SMILES string of the molecule is CC[C@@H](O)[C@@H](O)[C@@H](C)CCC1OC(CO)C(O)C(O)C1O. The highest BCUT2D eigenvalue weighted by Crippen LogP contribution is 2.26. The van der Waals surface area contributed by atoms with Gasteiger partial charge in [0, 0.05) is 0 Å². The van der Waals surface area contributed by atoms with Crippen LogP contribution in [0.2, 0.25) is 0 Å². The Hall–Kier alpha value is -0.280. The molecule has 126 valence electrons. The largest absolute Gasteiger partial charge is 0.394 e. The summed E-state index contributed by atoms with van der Waals surface area (Å²) < 4.78 is 5.39. The second kappa shape index (κ2) is 8.38. The van der Waals surface area contributed by atoms with Gasteiger partial charge >= 0.3 is 0 Å². The van der Waals surface area contributed by atoms with Gasteiger partial charge in [-0.25, -0.2) is 0 Å². The highest BCUT2D eigenvalue weighted by atomic mass is 16.5. The monoisotopic (exact) mass is 308 g/mol. The third kappa shape index (κ3) is 4.59. The second-order valence-corrected chi connectivity index (χ2v) is 5.89. The predicted molar refractivity (Wildman–Crippen MR) is 74.5 cm³/mol. The van der Waals surface area contributed by atoms with Crippen LogP contribution in [0.15, 0.2) is 0 Å². The third-order valence-corrected chi connectivity index (χ3v) is 4.29. The molecule has 0 radical (unpaired) electrons. The van der Waals surface area contributed by atoms with Crippen LogP contribution in [0.1, 0.15) is 33.1 Å². The fourth-order valence-corrected chi connectivity index (χ4v) is 2.64. The van der Waals surface area contributed by atoms with Gasteiger partial charge in [0.2, 0.25) is 0 Å². The first-order chi connectivity index (χ1) is 9.83. The zero-order chi connectivity index (χ0) is 16.2. The lowest BCUT2D eigenvalue weighted by Gasteiger charge is -2.40. The zero-order valence-corrected chi connectivity index (χ0v) is 12.5. The topological polar surface area (TPSA) is 131 Å². The minimum atomic E-state index is -1.37. The lowest BCUT2D eigenvalue weighted by atomic mass is 9.88. The average Bonchev–Trinajstić information content (AvgIpc) is 2.50. The smallest absolute Gasteiger partial charge is 0.111 e. The van der Waals surface area contributed by atoms with Crippen molar-refractivity contribution in [1.29, 1.82) is 0 Å². The summed E-state index contributed by atoms with van der Waals surface area (Å²) in [6, 6.07) is 0. The Morgan fingerprint density at radius 3 is 2.10 bits per heavy atom. The molecule has 1 heterocycles. The first kappa shape index (κ1) is 18.8. The second-order valence-electron chi connectivity index (χ2n) is 5.89. The van der Waals surface area contributed by atoms with Crippen LogP contribution in [0.25, 0.3) is 0 Å². The fraction of sp³-hybridized carbons (Fsp3) is 1.00. The molecule has 0 aromatic carbocycles. The highest BCUT2D eigenvalue weighted by Gasteiger charge is 2.43. The molecule has 0 bridgehead atoms. The summed E-state index contributed by atoms with van der Waals surface area (Å²) in [5.74, 6) is -0.202. The van der Waals surface area contributed by atoms with Gasteiger partial charge in [-0.3, -0.25) is 0 Å². The lowest BCUT2D eigenvalue weighted by Crippen LogP contribution is -2.58. The minimum Gasteiger partial charge on any atom is -0.394 e. The molecule has 0 aliphatic carbocycles. The van der Waals surface area contributed by atoms with Gasteiger partial charge in [-0.15, -0.1) is 0 Å². The zero-order valence-electron chi connectivity index (χ0n) is 12.5. The average molecular weight is 308 g/mol. The molecule has 8 atom stereocenters. The maximum atomic E-state index is 9.90. The molecule has 7 nitrogen and oxygen atoms in total. The number of aliphatic hydroxyl groups excluding tert-OH is 6. The van der Waals surface area contributed by atoms with Crippen molar-refractivity contribution in [2.24, 2.45) is 5.92 Å². The number of rotatable bonds is 7. The summed E-state index contributed by atoms with van der Waals surface area (Å²) in [4.78, 5) is 0. The van der Waals surface area contributed by atoms with Gasteiger partial charge in [-0.1, -0.05) is 13.8 Å². The van der Waals surface area contributed by atoms with Crippen molar-refractivity contribution in [3.8, 4) is 0 Å². The molecule has 0 aromatic rings. The molecule has 1 saturated heterocycles. The van der Waals surface area contributed by atoms with Crippen LogP contribution in [0, 0.1) is 5.92 Å². The highest BCUT2D eigenvalue weighted by molar-refractivity contribution is 4.92. The molecule has 1 aliphatic heterocycles. The van der Waals surface area contributed by atoms with E-state index in [0.29, 0.717) is 19.3 Å². The van der Waals surface area contributed by atoms with Crippen molar-refractivity contribution in [1.82, 2.24) is 0 Å². The van der Waals surface area contributed by atoms with Crippen molar-refractivity contribution < 1.29 is 35.4 Å². The molecule has 6 N–H and O–H groups in total. The van der Waals surface area contributed by atoms with Crippen molar-refractivity contribution >= 4 is 0 Å². The van der Waals surface area contributed by atoms with Crippen LogP contribution in [0.5, 0.6) is 0 Å². The molecule has 0 aromatic heterocycles. The van der Waals surface area contributed by atoms with Gasteiger partial charge < -0.3 is 35.4 Å². The maximum Gasteiger partial charge on any atom is 0.111 e. The van der Waals surface area contributed by atoms with Gasteiger partial charge in [0.05, 0.1) is 24.9 Å². The Balaban J connectivity index is 2.53. The molecular formula is C14H28O7. The van der Waals surface area contributed by atoms with Gasteiger partial charge in [-0.2, -0.15) is 0 Å². The van der Waals surface area contributed by atoms with E-state index in [0.717, 1.165) is 0 Å². The molecule has 0 amide bonds. The molecule has 0 saturated carbocycles. The van der Waals surface area contributed by atoms with E-state index in [9.17, 15) is 25.5 Å². The molecule has 5 unspecified atom stereocenters. The Labute approximate surface area is 124 Å². The number of ether oxygens (including phenoxy) is 1. The standard InChI is InChI=1S/C14H28O7/c1-3-8(16)11(17)7(2)4-5-9-12(18)14(20)13(19)10(6-15)21-9/h7-20H,3-6H2,1-2H3/t7-,8+,9?,10?,11-,12?,13?,14?/m0/s1. The van der Waals surface area contributed by atoms with Crippen LogP contribution in [0.3, 0.4) is 0 Å². The van der Waals surface area contributed by atoms with E-state index in [1.807, 2.05) is 0 Å². The number of hydrogen-bond acceptors (Lipinski definition) is 7. The van der Waals surface area contributed by atoms with Crippen molar-refractivity contribution in [3.05, 3.63) is 0 Å². The van der Waals surface area contributed by atoms with E-state index in [1.165, 1.54) is 0 Å². The first-order valence-electron chi connectivity index (χ1n) is 7.50. The van der Waals surface area contributed by atoms with Crippen molar-refractivity contribution in [3.63, 3.8) is 0 Å². The van der Waals surface area contributed by atoms with Gasteiger partial charge in [0.25, 0.3) is 0 Å². The molecule has 1 rings (SSSR count). The number of aliphatic hydroxyl groups is 6. The molecule has 1 fully saturated rings. The maximum absolute atomic E-state index is 9.90. The molecule has 7 heteroatoms. The number of hydrogen-bond donors (Lipinski definition) is 6. The molecule has 21 heavy (non-hydrogen) atoms. The summed E-state index contributed by atoms with van der Waals surface area (Å²) >= 11 is 0. The van der Waals surface area contributed by atoms with E-state index >= 15 is 0 Å². The fourth-order valence-electron chi connectivity index (χ4n) is 2.64. The van der Waals surface area contributed by atoms with Gasteiger partial charge in [0.15, 0.2) is 0 Å². The summed E-state index contributed by atoms with van der Waals surface area (Å²) in [5, 5.41) is 57.9. The Morgan fingerprint density at radius 1 is 1.00 bits per heavy atom. The quantitative estimate of drug-likeness (QED) is 0.333. The van der Waals surface area contributed by atoms with Crippen LogP contribution in [-0.2, 0) is 4.74 Å². The molecule has 0 spiro atoms. The Bertz CT molecular complexity index is 299. The van der Waals surface area contributed by atoms with Crippen LogP contribution >= 0.6 is 0 Å². The normalized spacial score (nSPS) is 38.0. The van der Waals surface area contributed by atoms with Gasteiger partial charge in [-0.05, 0) is 25.2 Å². The van der Waals surface area contributed by atoms with E-state index in [2.05, 4.69) is 0 Å². The summed E-state index contributed by atoms with van der Waals surface area (Å²) in [6.07, 6.45) is -6.00. The Kier molecular flexibility index (Phi) is 7.49. The summed E-state index contributed by atoms with van der Waals surface area (Å²) in [6.45, 7) is 3.11. The lowest BCUT2D eigenvalue weighted by molar-refractivity contribution is -0.231. The van der Waals surface area contributed by atoms with Gasteiger partial charge in [0.1, 0.15) is 24.4 Å². The molecule has 1 aliphatic rings. The summed E-state index contributed by atoms with van der Waals surface area (Å²) in [5.41, 5.74) is 0. The minimum absolute atomic E-state index is 0.202. The Morgan fingerprint density at radius 2 is 1.57 bits per heavy atom. The van der Waals surface area contributed by atoms with Crippen LogP contribution in [0.4, 0.5) is 0 Å². The summed E-state index contributed by atoms with van der Waals surface area (Å²) in [7, 11) is 0. The van der Waals surface area contributed by atoms with E-state index in [4.69, 9.17) is 9.84 Å². The third-order valence-electron chi connectivity index (χ3n) is 4.29. The predicted octanol–water partition coefficient (Wildman–Crippen LogP) is -1.62. The first-order valence-corrected chi connectivity index (χ1v) is 7.50. The van der Waals surface area contributed by atoms with Crippen molar-refractivity contribution in [2.45, 2.75) is 75.8 Å². The van der Waals surface area contributed by atoms with Crippen molar-refractivity contribution in [2.75, 3.05) is 6.61 Å². The molecular weight excluding hydrogens is 280 g/mol. The van der Waals surface area contributed by atoms with E-state index in [-0.39, 0.29) is 5.92 Å². The van der Waals surface area contributed by atoms with E-state index < -0.39 is 49.3 Å². The van der Waals surface area contributed by atoms with E-state index in [1.54, 1.807) is 13.8 Å². The van der Waals surface area contributed by atoms with Crippen LogP contribution < -0.4 is 0 Å². The van der Waals surface area contributed by atoms with Crippen LogP contribution in [-0.4, -0.2) is 80.0 Å².